The minimum atomic E-state index is -3.83. The molecule has 9 heteroatoms. The van der Waals surface area contributed by atoms with Gasteiger partial charge in [-0.1, -0.05) is 0 Å². The van der Waals surface area contributed by atoms with Gasteiger partial charge in [0.25, 0.3) is 10.0 Å². The third-order valence-corrected chi connectivity index (χ3v) is 4.23. The number of halogens is 1. The lowest BCUT2D eigenvalue weighted by Gasteiger charge is -2.11. The van der Waals surface area contributed by atoms with E-state index in [0.29, 0.717) is 4.47 Å². The van der Waals surface area contributed by atoms with Crippen molar-refractivity contribution in [2.24, 2.45) is 5.84 Å². The number of rotatable bonds is 4. The topological polar surface area (TPSA) is 110 Å². The van der Waals surface area contributed by atoms with E-state index in [-0.39, 0.29) is 16.4 Å². The summed E-state index contributed by atoms with van der Waals surface area (Å²) in [6.45, 7) is 0. The molecule has 0 spiro atoms. The number of nitrogens with two attached hydrogens (primary N) is 1. The van der Waals surface area contributed by atoms with Gasteiger partial charge in [0.1, 0.15) is 4.90 Å². The first-order valence-corrected chi connectivity index (χ1v) is 7.36. The molecule has 0 unspecified atom stereocenters. The van der Waals surface area contributed by atoms with Gasteiger partial charge in [-0.2, -0.15) is 0 Å². The Morgan fingerprint density at radius 1 is 1.26 bits per heavy atom. The molecular formula is C10H10BrN5O2S. The number of sulfonamides is 1. The molecule has 2 aromatic rings. The van der Waals surface area contributed by atoms with Gasteiger partial charge in [0.05, 0.1) is 10.2 Å². The van der Waals surface area contributed by atoms with Crippen LogP contribution < -0.4 is 16.0 Å². The largest absolute Gasteiger partial charge is 0.323 e. The fourth-order valence-corrected chi connectivity index (χ4v) is 2.99. The molecule has 0 fully saturated rings. The van der Waals surface area contributed by atoms with Crippen LogP contribution in [0.3, 0.4) is 0 Å². The molecule has 0 saturated carbocycles. The summed E-state index contributed by atoms with van der Waals surface area (Å²) in [5, 5.41) is 0. The van der Waals surface area contributed by atoms with Crippen molar-refractivity contribution in [2.75, 3.05) is 10.1 Å². The van der Waals surface area contributed by atoms with Gasteiger partial charge in [-0.15, -0.1) is 0 Å². The molecule has 0 aliphatic rings. The van der Waals surface area contributed by atoms with Gasteiger partial charge in [0.15, 0.2) is 5.82 Å². The predicted octanol–water partition coefficient (Wildman–Crippen LogP) is 1.33. The fraction of sp³-hybridized carbons (Fsp3) is 0. The van der Waals surface area contributed by atoms with Gasteiger partial charge in [-0.05, 0) is 34.1 Å². The number of hydrazine groups is 1. The summed E-state index contributed by atoms with van der Waals surface area (Å²) in [6, 6.07) is 4.82. The second-order valence-electron chi connectivity index (χ2n) is 3.46. The first-order valence-electron chi connectivity index (χ1n) is 5.08. The Kier molecular flexibility index (Phi) is 3.98. The Morgan fingerprint density at radius 2 is 2.05 bits per heavy atom. The minimum Gasteiger partial charge on any atom is -0.323 e. The van der Waals surface area contributed by atoms with E-state index < -0.39 is 10.0 Å². The lowest BCUT2D eigenvalue weighted by molar-refractivity contribution is 0.601. The third kappa shape index (κ3) is 3.00. The molecule has 0 amide bonds. The zero-order valence-electron chi connectivity index (χ0n) is 9.54. The van der Waals surface area contributed by atoms with Gasteiger partial charge < -0.3 is 5.43 Å². The summed E-state index contributed by atoms with van der Waals surface area (Å²) in [5.41, 5.74) is 2.56. The zero-order valence-corrected chi connectivity index (χ0v) is 11.9. The molecule has 0 atom stereocenters. The maximum atomic E-state index is 12.2. The van der Waals surface area contributed by atoms with E-state index in [1.165, 1.54) is 24.7 Å². The highest BCUT2D eigenvalue weighted by molar-refractivity contribution is 9.10. The molecule has 0 saturated heterocycles. The van der Waals surface area contributed by atoms with Gasteiger partial charge >= 0.3 is 0 Å². The molecule has 7 nitrogen and oxygen atoms in total. The highest BCUT2D eigenvalue weighted by Crippen LogP contribution is 2.24. The molecule has 0 bridgehead atoms. The molecule has 0 radical (unpaired) electrons. The number of nitrogens with one attached hydrogen (secondary N) is 2. The second kappa shape index (κ2) is 5.51. The van der Waals surface area contributed by atoms with Crippen LogP contribution in [0.25, 0.3) is 0 Å². The SMILES string of the molecule is NNc1ccncc1S(=O)(=O)Nc1ncccc1Br. The Bertz CT molecular complexity index is 692. The van der Waals surface area contributed by atoms with Crippen LogP contribution in [0.4, 0.5) is 11.5 Å². The molecule has 100 valence electrons. The van der Waals surface area contributed by atoms with Crippen LogP contribution >= 0.6 is 15.9 Å². The minimum absolute atomic E-state index is 0.0601. The van der Waals surface area contributed by atoms with E-state index in [1.54, 1.807) is 12.1 Å². The molecule has 0 aliphatic carbocycles. The summed E-state index contributed by atoms with van der Waals surface area (Å²) in [7, 11) is -3.83. The summed E-state index contributed by atoms with van der Waals surface area (Å²) in [4.78, 5) is 7.65. The second-order valence-corrected chi connectivity index (χ2v) is 5.96. The third-order valence-electron chi connectivity index (χ3n) is 2.22. The zero-order chi connectivity index (χ0) is 13.9. The molecule has 2 heterocycles. The average Bonchev–Trinajstić information content (AvgIpc) is 2.41. The van der Waals surface area contributed by atoms with Crippen molar-refractivity contribution in [2.45, 2.75) is 4.90 Å². The summed E-state index contributed by atoms with van der Waals surface area (Å²) >= 11 is 3.21. The van der Waals surface area contributed by atoms with Crippen LogP contribution in [-0.4, -0.2) is 18.4 Å². The van der Waals surface area contributed by atoms with Crippen molar-refractivity contribution in [1.29, 1.82) is 0 Å². The molecule has 19 heavy (non-hydrogen) atoms. The maximum Gasteiger partial charge on any atom is 0.266 e. The molecule has 0 aromatic carbocycles. The first kappa shape index (κ1) is 13.7. The summed E-state index contributed by atoms with van der Waals surface area (Å²) < 4.78 is 27.3. The van der Waals surface area contributed by atoms with Crippen LogP contribution in [0.5, 0.6) is 0 Å². The quantitative estimate of drug-likeness (QED) is 0.570. The molecular weight excluding hydrogens is 334 g/mol. The average molecular weight is 344 g/mol. The number of pyridine rings is 2. The number of hydrogen-bond acceptors (Lipinski definition) is 6. The van der Waals surface area contributed by atoms with Crippen LogP contribution in [0, 0.1) is 0 Å². The van der Waals surface area contributed by atoms with E-state index in [9.17, 15) is 8.42 Å². The lowest BCUT2D eigenvalue weighted by Crippen LogP contribution is -2.18. The first-order chi connectivity index (χ1) is 9.04. The van der Waals surface area contributed by atoms with Crippen molar-refractivity contribution >= 4 is 37.5 Å². The van der Waals surface area contributed by atoms with Gasteiger partial charge in [0, 0.05) is 18.6 Å². The summed E-state index contributed by atoms with van der Waals surface area (Å²) in [6.07, 6.45) is 4.12. The monoisotopic (exact) mass is 343 g/mol. The number of anilines is 2. The smallest absolute Gasteiger partial charge is 0.266 e. The lowest BCUT2D eigenvalue weighted by atomic mass is 10.4. The fourth-order valence-electron chi connectivity index (χ4n) is 1.36. The number of hydrogen-bond donors (Lipinski definition) is 3. The van der Waals surface area contributed by atoms with E-state index in [2.05, 4.69) is 36.0 Å². The van der Waals surface area contributed by atoms with Gasteiger partial charge in [-0.3, -0.25) is 15.5 Å². The highest BCUT2D eigenvalue weighted by Gasteiger charge is 2.20. The Balaban J connectivity index is 2.41. The molecule has 2 rings (SSSR count). The van der Waals surface area contributed by atoms with E-state index in [0.717, 1.165) is 0 Å². The summed E-state index contributed by atoms with van der Waals surface area (Å²) in [5.74, 6) is 5.46. The van der Waals surface area contributed by atoms with Crippen molar-refractivity contribution in [3.63, 3.8) is 0 Å². The predicted molar refractivity (Wildman–Crippen MR) is 74.8 cm³/mol. The van der Waals surface area contributed by atoms with Gasteiger partial charge in [-0.25, -0.2) is 13.4 Å². The Labute approximate surface area is 118 Å². The van der Waals surface area contributed by atoms with Crippen LogP contribution in [0.15, 0.2) is 46.2 Å². The van der Waals surface area contributed by atoms with Crippen molar-refractivity contribution < 1.29 is 8.42 Å². The Hall–Kier alpha value is -1.71. The van der Waals surface area contributed by atoms with Crippen LogP contribution in [-0.2, 0) is 10.0 Å². The van der Waals surface area contributed by atoms with Crippen molar-refractivity contribution in [3.8, 4) is 0 Å². The standard InChI is InChI=1S/C10H10BrN5O2S/c11-7-2-1-4-14-10(7)16-19(17,18)9-6-13-5-3-8(9)15-12/h1-6H,12H2,(H,13,15)(H,14,16). The normalized spacial score (nSPS) is 11.1. The number of nitrogen functional groups attached to an aromatic ring is 1. The maximum absolute atomic E-state index is 12.2. The number of aromatic nitrogens is 2. The van der Waals surface area contributed by atoms with E-state index in [1.807, 2.05) is 0 Å². The molecule has 4 N–H and O–H groups in total. The highest BCUT2D eigenvalue weighted by atomic mass is 79.9. The molecule has 2 aromatic heterocycles. The van der Waals surface area contributed by atoms with Crippen LogP contribution in [0.2, 0.25) is 0 Å². The van der Waals surface area contributed by atoms with Crippen molar-refractivity contribution in [3.05, 3.63) is 41.3 Å². The molecule has 0 aliphatic heterocycles. The van der Waals surface area contributed by atoms with E-state index in [4.69, 9.17) is 5.84 Å². The van der Waals surface area contributed by atoms with E-state index >= 15 is 0 Å². The Morgan fingerprint density at radius 3 is 2.74 bits per heavy atom. The van der Waals surface area contributed by atoms with Crippen LogP contribution in [0.1, 0.15) is 0 Å². The number of nitrogens with zero attached hydrogens (tertiary/aromatic N) is 2. The van der Waals surface area contributed by atoms with Gasteiger partial charge in [0.2, 0.25) is 0 Å². The van der Waals surface area contributed by atoms with Crippen molar-refractivity contribution in [1.82, 2.24) is 9.97 Å².